The van der Waals surface area contributed by atoms with E-state index in [1.54, 1.807) is 0 Å². The summed E-state index contributed by atoms with van der Waals surface area (Å²) in [5.74, 6) is 0. The number of ether oxygens (including phenoxy) is 1. The fraction of sp³-hybridized carbons (Fsp3) is 0.889. The molecule has 0 saturated heterocycles. The molecule has 4 nitrogen and oxygen atoms in total. The number of amides is 1. The molecule has 0 aromatic carbocycles. The summed E-state index contributed by atoms with van der Waals surface area (Å²) in [5, 5.41) is 0. The van der Waals surface area contributed by atoms with E-state index in [1.807, 2.05) is 13.8 Å². The number of rotatable bonds is 6. The lowest BCUT2D eigenvalue weighted by molar-refractivity contribution is 0.0372. The van der Waals surface area contributed by atoms with Crippen molar-refractivity contribution in [1.29, 1.82) is 0 Å². The average Bonchev–Trinajstić information content (AvgIpc) is 1.95. The average molecular weight is 188 g/mol. The van der Waals surface area contributed by atoms with Crippen LogP contribution >= 0.6 is 0 Å². The van der Waals surface area contributed by atoms with Gasteiger partial charge in [-0.05, 0) is 39.7 Å². The molecule has 1 amide bonds. The molecule has 0 heterocycles. The van der Waals surface area contributed by atoms with Gasteiger partial charge in [-0.15, -0.1) is 0 Å². The number of hydrogen-bond donors (Lipinski definition) is 2. The summed E-state index contributed by atoms with van der Waals surface area (Å²) in [4.78, 5) is 10.5. The first kappa shape index (κ1) is 12.2. The van der Waals surface area contributed by atoms with Gasteiger partial charge in [0.15, 0.2) is 0 Å². The molecular weight excluding hydrogens is 168 g/mol. The van der Waals surface area contributed by atoms with Gasteiger partial charge in [0, 0.05) is 0 Å². The Hall–Kier alpha value is -0.770. The summed E-state index contributed by atoms with van der Waals surface area (Å²) >= 11 is 0. The lowest BCUT2D eigenvalue weighted by Gasteiger charge is -2.23. The van der Waals surface area contributed by atoms with Crippen LogP contribution in [0.4, 0.5) is 4.79 Å². The van der Waals surface area contributed by atoms with Gasteiger partial charge in [-0.2, -0.15) is 0 Å². The molecule has 0 bridgehead atoms. The molecule has 0 aliphatic heterocycles. The summed E-state index contributed by atoms with van der Waals surface area (Å²) in [7, 11) is 0. The predicted octanol–water partition coefficient (Wildman–Crippen LogP) is 1.38. The Morgan fingerprint density at radius 3 is 2.38 bits per heavy atom. The van der Waals surface area contributed by atoms with Crippen molar-refractivity contribution in [2.75, 3.05) is 6.54 Å². The lowest BCUT2D eigenvalue weighted by Crippen LogP contribution is -2.30. The largest absolute Gasteiger partial charge is 0.444 e. The highest BCUT2D eigenvalue weighted by atomic mass is 16.6. The van der Waals surface area contributed by atoms with Crippen LogP contribution in [0, 0.1) is 0 Å². The molecule has 0 saturated carbocycles. The molecule has 0 aliphatic rings. The molecule has 13 heavy (non-hydrogen) atoms. The Balaban J connectivity index is 3.56. The Morgan fingerprint density at radius 2 is 1.92 bits per heavy atom. The van der Waals surface area contributed by atoms with Gasteiger partial charge in [0.25, 0.3) is 0 Å². The molecule has 0 fully saturated rings. The third-order valence-corrected chi connectivity index (χ3v) is 1.86. The zero-order chi connectivity index (χ0) is 10.3. The van der Waals surface area contributed by atoms with E-state index in [0.29, 0.717) is 0 Å². The Kier molecular flexibility index (Phi) is 5.46. The highest BCUT2D eigenvalue weighted by Crippen LogP contribution is 2.18. The maximum absolute atomic E-state index is 10.5. The third-order valence-electron chi connectivity index (χ3n) is 1.86. The molecule has 0 atom stereocenters. The van der Waals surface area contributed by atoms with Gasteiger partial charge >= 0.3 is 6.09 Å². The summed E-state index contributed by atoms with van der Waals surface area (Å²) < 4.78 is 4.93. The van der Waals surface area contributed by atoms with E-state index in [0.717, 1.165) is 32.2 Å². The van der Waals surface area contributed by atoms with E-state index in [9.17, 15) is 4.79 Å². The molecule has 0 unspecified atom stereocenters. The first-order chi connectivity index (χ1) is 5.98. The second kappa shape index (κ2) is 5.80. The standard InChI is InChI=1S/C9H20N2O2/c1-9(2,13-8(11)12)6-4-3-5-7-10/h3-7,10H2,1-2H3,(H2,11,12). The van der Waals surface area contributed by atoms with E-state index in [-0.39, 0.29) is 0 Å². The Bertz CT molecular complexity index is 158. The zero-order valence-corrected chi connectivity index (χ0v) is 8.51. The number of primary amides is 1. The maximum Gasteiger partial charge on any atom is 0.405 e. The minimum absolute atomic E-state index is 0.444. The van der Waals surface area contributed by atoms with Crippen LogP contribution in [0.2, 0.25) is 0 Å². The molecule has 0 aromatic heterocycles. The van der Waals surface area contributed by atoms with Gasteiger partial charge in [0.2, 0.25) is 0 Å². The first-order valence-electron chi connectivity index (χ1n) is 4.66. The summed E-state index contributed by atoms with van der Waals surface area (Å²) in [6.07, 6.45) is 3.23. The van der Waals surface area contributed by atoms with Crippen molar-refractivity contribution in [1.82, 2.24) is 0 Å². The van der Waals surface area contributed by atoms with E-state index in [4.69, 9.17) is 16.2 Å². The van der Waals surface area contributed by atoms with Crippen LogP contribution in [-0.4, -0.2) is 18.2 Å². The van der Waals surface area contributed by atoms with Gasteiger partial charge in [-0.1, -0.05) is 6.42 Å². The lowest BCUT2D eigenvalue weighted by atomic mass is 10.0. The highest BCUT2D eigenvalue weighted by molar-refractivity contribution is 5.65. The van der Waals surface area contributed by atoms with Crippen molar-refractivity contribution >= 4 is 6.09 Å². The van der Waals surface area contributed by atoms with Crippen molar-refractivity contribution in [3.63, 3.8) is 0 Å². The van der Waals surface area contributed by atoms with Crippen LogP contribution in [0.15, 0.2) is 0 Å². The summed E-state index contributed by atoms with van der Waals surface area (Å²) in [6.45, 7) is 4.44. The fourth-order valence-corrected chi connectivity index (χ4v) is 1.20. The van der Waals surface area contributed by atoms with Crippen molar-refractivity contribution in [2.45, 2.75) is 45.1 Å². The maximum atomic E-state index is 10.5. The van der Waals surface area contributed by atoms with Gasteiger partial charge in [-0.25, -0.2) is 4.79 Å². The molecule has 4 heteroatoms. The molecule has 0 aliphatic carbocycles. The first-order valence-corrected chi connectivity index (χ1v) is 4.66. The molecule has 0 rings (SSSR count). The van der Waals surface area contributed by atoms with Gasteiger partial charge in [0.05, 0.1) is 0 Å². The van der Waals surface area contributed by atoms with E-state index >= 15 is 0 Å². The second-order valence-electron chi connectivity index (χ2n) is 3.78. The van der Waals surface area contributed by atoms with E-state index < -0.39 is 11.7 Å². The number of unbranched alkanes of at least 4 members (excludes halogenated alkanes) is 2. The predicted molar refractivity (Wildman–Crippen MR) is 52.3 cm³/mol. The van der Waals surface area contributed by atoms with Gasteiger partial charge < -0.3 is 16.2 Å². The third kappa shape index (κ3) is 7.59. The van der Waals surface area contributed by atoms with Crippen molar-refractivity contribution in [3.05, 3.63) is 0 Å². The second-order valence-corrected chi connectivity index (χ2v) is 3.78. The smallest absolute Gasteiger partial charge is 0.405 e. The molecular formula is C9H20N2O2. The van der Waals surface area contributed by atoms with Crippen molar-refractivity contribution in [2.24, 2.45) is 11.5 Å². The van der Waals surface area contributed by atoms with Gasteiger partial charge in [0.1, 0.15) is 5.60 Å². The van der Waals surface area contributed by atoms with E-state index in [2.05, 4.69) is 0 Å². The molecule has 0 radical (unpaired) electrons. The Labute approximate surface area is 79.6 Å². The summed E-state index contributed by atoms with van der Waals surface area (Å²) in [6, 6.07) is 0. The normalized spacial score (nSPS) is 11.3. The minimum atomic E-state index is -0.705. The number of nitrogens with two attached hydrogens (primary N) is 2. The number of carbonyl (C=O) groups is 1. The zero-order valence-electron chi connectivity index (χ0n) is 8.51. The molecule has 4 N–H and O–H groups in total. The quantitative estimate of drug-likeness (QED) is 0.618. The SMILES string of the molecule is CC(C)(CCCCCN)OC(N)=O. The number of hydrogen-bond acceptors (Lipinski definition) is 3. The van der Waals surface area contributed by atoms with Crippen LogP contribution in [-0.2, 0) is 4.74 Å². The minimum Gasteiger partial charge on any atom is -0.444 e. The fourth-order valence-electron chi connectivity index (χ4n) is 1.20. The van der Waals surface area contributed by atoms with Crippen LogP contribution in [0.5, 0.6) is 0 Å². The van der Waals surface area contributed by atoms with Crippen LogP contribution < -0.4 is 11.5 Å². The number of carbonyl (C=O) groups excluding carboxylic acids is 1. The van der Waals surface area contributed by atoms with Crippen LogP contribution in [0.3, 0.4) is 0 Å². The molecule has 0 spiro atoms. The Morgan fingerprint density at radius 1 is 1.31 bits per heavy atom. The van der Waals surface area contributed by atoms with E-state index in [1.165, 1.54) is 0 Å². The molecule has 0 aromatic rings. The van der Waals surface area contributed by atoms with Crippen LogP contribution in [0.25, 0.3) is 0 Å². The topological polar surface area (TPSA) is 78.3 Å². The van der Waals surface area contributed by atoms with Crippen molar-refractivity contribution < 1.29 is 9.53 Å². The highest BCUT2D eigenvalue weighted by Gasteiger charge is 2.20. The monoisotopic (exact) mass is 188 g/mol. The molecule has 78 valence electrons. The van der Waals surface area contributed by atoms with Crippen LogP contribution in [0.1, 0.15) is 39.5 Å². The van der Waals surface area contributed by atoms with Crippen molar-refractivity contribution in [3.8, 4) is 0 Å². The van der Waals surface area contributed by atoms with Gasteiger partial charge in [-0.3, -0.25) is 0 Å². The summed E-state index contributed by atoms with van der Waals surface area (Å²) in [5.41, 5.74) is 9.84.